The zero-order chi connectivity index (χ0) is 44.2. The van der Waals surface area contributed by atoms with Gasteiger partial charge in [0.2, 0.25) is 0 Å². The second-order valence-electron chi connectivity index (χ2n) is 14.5. The molecule has 2 unspecified atom stereocenters. The lowest BCUT2D eigenvalue weighted by Gasteiger charge is -2.20. The Morgan fingerprint density at radius 1 is 0.583 bits per heavy atom. The third-order valence-corrected chi connectivity index (χ3v) is 9.79. The van der Waals surface area contributed by atoms with Crippen LogP contribution in [-0.4, -0.2) is 76.9 Å². The minimum atomic E-state index is -4.68. The summed E-state index contributed by atoms with van der Waals surface area (Å²) < 4.78 is 32.5. The molecule has 0 aliphatic rings. The molecule has 0 amide bonds. The molecule has 0 aromatic heterocycles. The van der Waals surface area contributed by atoms with Crippen molar-refractivity contribution in [2.75, 3.05) is 26.4 Å². The van der Waals surface area contributed by atoms with E-state index in [-0.39, 0.29) is 19.3 Å². The van der Waals surface area contributed by atoms with Crippen LogP contribution in [-0.2, 0) is 32.7 Å². The molecule has 342 valence electrons. The highest BCUT2D eigenvalue weighted by Gasteiger charge is 2.27. The van der Waals surface area contributed by atoms with Gasteiger partial charge in [-0.25, -0.2) is 4.57 Å². The Bertz CT molecular complexity index is 1330. The van der Waals surface area contributed by atoms with Gasteiger partial charge in [-0.15, -0.1) is 0 Å². The molecule has 12 heteroatoms. The van der Waals surface area contributed by atoms with Crippen molar-refractivity contribution < 1.29 is 52.9 Å². The van der Waals surface area contributed by atoms with Gasteiger partial charge in [-0.2, -0.15) is 0 Å². The Morgan fingerprint density at radius 2 is 1.10 bits per heavy atom. The summed E-state index contributed by atoms with van der Waals surface area (Å²) in [5, 5.41) is 28.6. The molecule has 4 atom stereocenters. The van der Waals surface area contributed by atoms with Crippen molar-refractivity contribution in [2.45, 2.75) is 167 Å². The predicted molar refractivity (Wildman–Crippen MR) is 243 cm³/mol. The van der Waals surface area contributed by atoms with Gasteiger partial charge in [0.15, 0.2) is 6.10 Å². The average Bonchev–Trinajstić information content (AvgIpc) is 3.23. The zero-order valence-electron chi connectivity index (χ0n) is 36.7. The van der Waals surface area contributed by atoms with E-state index in [2.05, 4.69) is 91.3 Å². The molecule has 0 radical (unpaired) electrons. The van der Waals surface area contributed by atoms with E-state index in [4.69, 9.17) is 19.1 Å². The van der Waals surface area contributed by atoms with Crippen molar-refractivity contribution >= 4 is 19.8 Å². The topological polar surface area (TPSA) is 169 Å². The van der Waals surface area contributed by atoms with Crippen LogP contribution in [0.1, 0.15) is 149 Å². The van der Waals surface area contributed by atoms with E-state index < -0.39 is 64.5 Å². The van der Waals surface area contributed by atoms with E-state index in [9.17, 15) is 29.3 Å². The monoisotopic (exact) mass is 863 g/mol. The predicted octanol–water partition coefficient (Wildman–Crippen LogP) is 11.0. The minimum Gasteiger partial charge on any atom is -0.462 e. The third kappa shape index (κ3) is 41.6. The number of phosphoric ester groups is 1. The molecule has 0 bridgehead atoms. The normalized spacial score (nSPS) is 15.2. The van der Waals surface area contributed by atoms with Crippen molar-refractivity contribution in [1.82, 2.24) is 0 Å². The summed E-state index contributed by atoms with van der Waals surface area (Å²) in [4.78, 5) is 35.1. The molecule has 0 aliphatic carbocycles. The molecule has 0 saturated heterocycles. The lowest BCUT2D eigenvalue weighted by atomic mass is 10.1. The summed E-state index contributed by atoms with van der Waals surface area (Å²) in [6, 6.07) is 0. The van der Waals surface area contributed by atoms with Gasteiger partial charge in [-0.05, 0) is 77.0 Å². The van der Waals surface area contributed by atoms with Crippen molar-refractivity contribution in [3.8, 4) is 0 Å². The third-order valence-electron chi connectivity index (χ3n) is 8.84. The van der Waals surface area contributed by atoms with Crippen LogP contribution in [0.3, 0.4) is 0 Å². The van der Waals surface area contributed by atoms with Gasteiger partial charge < -0.3 is 29.7 Å². The Labute approximate surface area is 362 Å². The molecule has 0 aromatic rings. The molecular formula is C48H79O11P. The SMILES string of the molecule is CC/C=C\C/C=C\C/C=C\C/C=C\C/C=C\C=C/C(O)CCC(=O)OC[C@H](COP(=O)(O)OC[C@@H](O)CO)OC(=O)CCCCCCCCC/C=C\C/C=C\CCCCC. The van der Waals surface area contributed by atoms with Crippen molar-refractivity contribution in [1.29, 1.82) is 0 Å². The number of aliphatic hydroxyl groups excluding tert-OH is 3. The highest BCUT2D eigenvalue weighted by atomic mass is 31.2. The molecular weight excluding hydrogens is 783 g/mol. The fourth-order valence-corrected chi connectivity index (χ4v) is 6.16. The second kappa shape index (κ2) is 42.5. The first-order valence-corrected chi connectivity index (χ1v) is 23.8. The first-order valence-electron chi connectivity index (χ1n) is 22.3. The highest BCUT2D eigenvalue weighted by molar-refractivity contribution is 7.47. The average molecular weight is 863 g/mol. The number of hydrogen-bond donors (Lipinski definition) is 4. The molecule has 60 heavy (non-hydrogen) atoms. The molecule has 0 spiro atoms. The van der Waals surface area contributed by atoms with Gasteiger partial charge in [0, 0.05) is 12.8 Å². The molecule has 11 nitrogen and oxygen atoms in total. The Kier molecular flexibility index (Phi) is 40.3. The van der Waals surface area contributed by atoms with Gasteiger partial charge in [-0.3, -0.25) is 18.6 Å². The van der Waals surface area contributed by atoms with Crippen LogP contribution in [0.25, 0.3) is 0 Å². The van der Waals surface area contributed by atoms with Crippen LogP contribution in [0.4, 0.5) is 0 Å². The minimum absolute atomic E-state index is 0.0992. The number of rotatable bonds is 40. The summed E-state index contributed by atoms with van der Waals surface area (Å²) in [6.45, 7) is 1.94. The molecule has 0 rings (SSSR count). The fourth-order valence-electron chi connectivity index (χ4n) is 5.37. The van der Waals surface area contributed by atoms with E-state index in [1.807, 2.05) is 12.2 Å². The Morgan fingerprint density at radius 3 is 1.68 bits per heavy atom. The molecule has 0 aromatic carbocycles. The number of unbranched alkanes of at least 4 members (excludes halogenated alkanes) is 10. The number of allylic oxidation sites excluding steroid dienone is 15. The largest absolute Gasteiger partial charge is 0.472 e. The number of aliphatic hydroxyl groups is 3. The fraction of sp³-hybridized carbons (Fsp3) is 0.625. The molecule has 0 aliphatic heterocycles. The van der Waals surface area contributed by atoms with Crippen LogP contribution in [0, 0.1) is 0 Å². The highest BCUT2D eigenvalue weighted by Crippen LogP contribution is 2.43. The van der Waals surface area contributed by atoms with Gasteiger partial charge in [0.1, 0.15) is 12.7 Å². The lowest BCUT2D eigenvalue weighted by Crippen LogP contribution is -2.30. The molecule has 0 fully saturated rings. The molecule has 0 saturated carbocycles. The van der Waals surface area contributed by atoms with Gasteiger partial charge in [0.05, 0.1) is 25.9 Å². The maximum atomic E-state index is 12.6. The maximum Gasteiger partial charge on any atom is 0.472 e. The maximum absolute atomic E-state index is 12.6. The summed E-state index contributed by atoms with van der Waals surface area (Å²) in [7, 11) is -4.68. The number of esters is 2. The summed E-state index contributed by atoms with van der Waals surface area (Å²) in [5.74, 6) is -1.23. The van der Waals surface area contributed by atoms with Crippen LogP contribution < -0.4 is 0 Å². The summed E-state index contributed by atoms with van der Waals surface area (Å²) in [5.41, 5.74) is 0. The zero-order valence-corrected chi connectivity index (χ0v) is 37.6. The number of carbonyl (C=O) groups is 2. The van der Waals surface area contributed by atoms with Crippen LogP contribution in [0.15, 0.2) is 97.2 Å². The van der Waals surface area contributed by atoms with Gasteiger partial charge in [0.25, 0.3) is 0 Å². The van der Waals surface area contributed by atoms with E-state index in [1.54, 1.807) is 12.2 Å². The van der Waals surface area contributed by atoms with Gasteiger partial charge >= 0.3 is 19.8 Å². The number of phosphoric acid groups is 1. The van der Waals surface area contributed by atoms with Crippen LogP contribution in [0.5, 0.6) is 0 Å². The summed E-state index contributed by atoms with van der Waals surface area (Å²) >= 11 is 0. The second-order valence-corrected chi connectivity index (χ2v) is 16.0. The standard InChI is InChI=1S/C48H79O11P/c1-3-5-7-9-11-13-15-17-19-21-23-25-27-29-31-33-35-37-48(53)59-46(43-58-60(54,55)57-41-45(51)40-49)42-56-47(52)39-38-44(50)36-34-32-30-28-26-24-22-20-18-16-14-12-10-8-6-4-2/h6,8,11-14,17-20,24,26,30,32,34,36,44-46,49-51H,3-5,7,9-10,15-16,21-23,25,27-29,31,33,35,37-43H2,1-2H3,(H,54,55)/b8-6-,13-11-,14-12-,19-17-,20-18-,26-24-,32-30-,36-34-/t44?,45-,46+/m0/s1. The molecule has 0 heterocycles. The summed E-state index contributed by atoms with van der Waals surface area (Å²) in [6.07, 6.45) is 48.4. The number of ether oxygens (including phenoxy) is 2. The van der Waals surface area contributed by atoms with Crippen LogP contribution >= 0.6 is 7.82 Å². The van der Waals surface area contributed by atoms with Crippen molar-refractivity contribution in [3.05, 3.63) is 97.2 Å². The van der Waals surface area contributed by atoms with Crippen LogP contribution in [0.2, 0.25) is 0 Å². The van der Waals surface area contributed by atoms with E-state index in [0.717, 1.165) is 83.5 Å². The van der Waals surface area contributed by atoms with Crippen molar-refractivity contribution in [3.63, 3.8) is 0 Å². The quantitative estimate of drug-likeness (QED) is 0.0152. The van der Waals surface area contributed by atoms with E-state index in [1.165, 1.54) is 25.7 Å². The lowest BCUT2D eigenvalue weighted by molar-refractivity contribution is -0.161. The Balaban J connectivity index is 4.54. The molecule has 4 N–H and O–H groups in total. The van der Waals surface area contributed by atoms with E-state index >= 15 is 0 Å². The van der Waals surface area contributed by atoms with Gasteiger partial charge in [-0.1, -0.05) is 156 Å². The van der Waals surface area contributed by atoms with Crippen molar-refractivity contribution in [2.24, 2.45) is 0 Å². The smallest absolute Gasteiger partial charge is 0.462 e. The number of hydrogen-bond acceptors (Lipinski definition) is 10. The van der Waals surface area contributed by atoms with E-state index in [0.29, 0.717) is 6.42 Å². The first kappa shape index (κ1) is 56.9. The first-order chi connectivity index (χ1) is 29.1. The number of carbonyl (C=O) groups excluding carboxylic acids is 2. The Hall–Kier alpha value is -3.15.